The Kier molecular flexibility index (Phi) is 5.14. The van der Waals surface area contributed by atoms with Crippen LogP contribution in [0.1, 0.15) is 40.5 Å². The highest BCUT2D eigenvalue weighted by atomic mass is 16.4. The molecule has 2 N–H and O–H groups in total. The highest BCUT2D eigenvalue weighted by Gasteiger charge is 2.38. The molecule has 1 rings (SSSR count). The first kappa shape index (κ1) is 16.5. The van der Waals surface area contributed by atoms with Gasteiger partial charge in [0.25, 0.3) is 0 Å². The SMILES string of the molecule is CCN1CC(C(=O)NC(C)(CC(=O)O)C(C)C)CC1=O. The van der Waals surface area contributed by atoms with Crippen LogP contribution in [0.15, 0.2) is 0 Å². The van der Waals surface area contributed by atoms with E-state index < -0.39 is 11.5 Å². The molecule has 1 fully saturated rings. The minimum atomic E-state index is -0.945. The molecule has 1 aliphatic heterocycles. The summed E-state index contributed by atoms with van der Waals surface area (Å²) in [7, 11) is 0. The number of hydrogen-bond donors (Lipinski definition) is 2. The van der Waals surface area contributed by atoms with Crippen molar-refractivity contribution in [2.75, 3.05) is 13.1 Å². The van der Waals surface area contributed by atoms with Crippen molar-refractivity contribution in [1.82, 2.24) is 10.2 Å². The molecule has 0 radical (unpaired) electrons. The maximum atomic E-state index is 12.3. The first-order valence-electron chi connectivity index (χ1n) is 7.01. The van der Waals surface area contributed by atoms with Crippen LogP contribution in [0.3, 0.4) is 0 Å². The van der Waals surface area contributed by atoms with E-state index in [1.807, 2.05) is 20.8 Å². The van der Waals surface area contributed by atoms with Crippen molar-refractivity contribution in [3.05, 3.63) is 0 Å². The van der Waals surface area contributed by atoms with E-state index in [4.69, 9.17) is 5.11 Å². The van der Waals surface area contributed by atoms with Crippen LogP contribution in [0.25, 0.3) is 0 Å². The largest absolute Gasteiger partial charge is 0.481 e. The maximum Gasteiger partial charge on any atom is 0.305 e. The molecule has 2 amide bonds. The average Bonchev–Trinajstić information content (AvgIpc) is 2.69. The number of hydrogen-bond acceptors (Lipinski definition) is 3. The Balaban J connectivity index is 2.73. The van der Waals surface area contributed by atoms with Crippen molar-refractivity contribution < 1.29 is 19.5 Å². The first-order chi connectivity index (χ1) is 9.19. The third-order valence-corrected chi connectivity index (χ3v) is 4.17. The molecule has 6 nitrogen and oxygen atoms in total. The second-order valence-corrected chi connectivity index (χ2v) is 5.97. The fourth-order valence-corrected chi connectivity index (χ4v) is 2.34. The van der Waals surface area contributed by atoms with Gasteiger partial charge in [0.1, 0.15) is 0 Å². The summed E-state index contributed by atoms with van der Waals surface area (Å²) in [5.41, 5.74) is -0.800. The van der Waals surface area contributed by atoms with Crippen LogP contribution in [0, 0.1) is 11.8 Å². The number of likely N-dealkylation sites (tertiary alicyclic amines) is 1. The second-order valence-electron chi connectivity index (χ2n) is 5.97. The van der Waals surface area contributed by atoms with Crippen LogP contribution in [0.2, 0.25) is 0 Å². The minimum absolute atomic E-state index is 0.0121. The molecule has 114 valence electrons. The van der Waals surface area contributed by atoms with Crippen LogP contribution >= 0.6 is 0 Å². The molecule has 1 heterocycles. The van der Waals surface area contributed by atoms with Gasteiger partial charge in [-0.3, -0.25) is 14.4 Å². The topological polar surface area (TPSA) is 86.7 Å². The minimum Gasteiger partial charge on any atom is -0.481 e. The quantitative estimate of drug-likeness (QED) is 0.757. The lowest BCUT2D eigenvalue weighted by Gasteiger charge is -2.34. The molecule has 0 saturated carbocycles. The van der Waals surface area contributed by atoms with Gasteiger partial charge in [-0.2, -0.15) is 0 Å². The third kappa shape index (κ3) is 3.71. The molecular formula is C14H24N2O4. The lowest BCUT2D eigenvalue weighted by atomic mass is 9.84. The number of rotatable bonds is 6. The number of carbonyl (C=O) groups is 3. The van der Waals surface area contributed by atoms with Gasteiger partial charge in [0.15, 0.2) is 0 Å². The van der Waals surface area contributed by atoms with E-state index in [2.05, 4.69) is 5.32 Å². The van der Waals surface area contributed by atoms with Crippen LogP contribution < -0.4 is 5.32 Å². The molecule has 0 aromatic carbocycles. The van der Waals surface area contributed by atoms with E-state index in [0.717, 1.165) is 0 Å². The number of amides is 2. The summed E-state index contributed by atoms with van der Waals surface area (Å²) in [5, 5.41) is 11.8. The summed E-state index contributed by atoms with van der Waals surface area (Å²) in [6.45, 7) is 8.38. The fourth-order valence-electron chi connectivity index (χ4n) is 2.34. The normalized spacial score (nSPS) is 21.9. The van der Waals surface area contributed by atoms with Crippen molar-refractivity contribution in [1.29, 1.82) is 0 Å². The van der Waals surface area contributed by atoms with Crippen molar-refractivity contribution in [2.45, 2.75) is 46.1 Å². The Morgan fingerprint density at radius 1 is 1.50 bits per heavy atom. The molecule has 1 aliphatic rings. The standard InChI is InChI=1S/C14H24N2O4/c1-5-16-8-10(6-11(16)17)13(20)15-14(4,9(2)3)7-12(18)19/h9-10H,5-8H2,1-4H3,(H,15,20)(H,18,19). The van der Waals surface area contributed by atoms with Crippen LogP contribution in [-0.2, 0) is 14.4 Å². The van der Waals surface area contributed by atoms with Gasteiger partial charge in [-0.25, -0.2) is 0 Å². The van der Waals surface area contributed by atoms with Crippen molar-refractivity contribution in [3.8, 4) is 0 Å². The Bertz CT molecular complexity index is 408. The molecule has 0 aliphatic carbocycles. The smallest absolute Gasteiger partial charge is 0.305 e. The summed E-state index contributed by atoms with van der Waals surface area (Å²) in [4.78, 5) is 36.5. The van der Waals surface area contributed by atoms with Gasteiger partial charge >= 0.3 is 5.97 Å². The number of carboxylic acid groups (broad SMARTS) is 1. The van der Waals surface area contributed by atoms with E-state index in [-0.39, 0.29) is 36.5 Å². The number of nitrogens with one attached hydrogen (secondary N) is 1. The van der Waals surface area contributed by atoms with Gasteiger partial charge in [0.2, 0.25) is 11.8 Å². The van der Waals surface area contributed by atoms with E-state index in [1.54, 1.807) is 11.8 Å². The monoisotopic (exact) mass is 284 g/mol. The summed E-state index contributed by atoms with van der Waals surface area (Å²) in [6.07, 6.45) is 0.0789. The first-order valence-corrected chi connectivity index (χ1v) is 7.01. The summed E-state index contributed by atoms with van der Waals surface area (Å²) >= 11 is 0. The molecule has 2 atom stereocenters. The van der Waals surface area contributed by atoms with Gasteiger partial charge < -0.3 is 15.3 Å². The third-order valence-electron chi connectivity index (χ3n) is 4.17. The molecule has 0 aromatic rings. The Hall–Kier alpha value is -1.59. The molecule has 0 spiro atoms. The number of nitrogens with zero attached hydrogens (tertiary/aromatic N) is 1. The second kappa shape index (κ2) is 6.24. The number of carbonyl (C=O) groups excluding carboxylic acids is 2. The van der Waals surface area contributed by atoms with Crippen LogP contribution in [0.5, 0.6) is 0 Å². The van der Waals surface area contributed by atoms with Gasteiger partial charge in [0, 0.05) is 25.0 Å². The predicted molar refractivity (Wildman–Crippen MR) is 74.0 cm³/mol. The lowest BCUT2D eigenvalue weighted by molar-refractivity contribution is -0.140. The zero-order valence-electron chi connectivity index (χ0n) is 12.6. The van der Waals surface area contributed by atoms with Gasteiger partial charge in [-0.15, -0.1) is 0 Å². The highest BCUT2D eigenvalue weighted by Crippen LogP contribution is 2.24. The van der Waals surface area contributed by atoms with Crippen molar-refractivity contribution >= 4 is 17.8 Å². The van der Waals surface area contributed by atoms with Gasteiger partial charge in [-0.1, -0.05) is 13.8 Å². The molecule has 0 aromatic heterocycles. The Morgan fingerprint density at radius 2 is 2.10 bits per heavy atom. The summed E-state index contributed by atoms with van der Waals surface area (Å²) < 4.78 is 0. The summed E-state index contributed by atoms with van der Waals surface area (Å²) in [6, 6.07) is 0. The predicted octanol–water partition coefficient (Wildman–Crippen LogP) is 0.860. The molecule has 0 bridgehead atoms. The molecular weight excluding hydrogens is 260 g/mol. The zero-order chi connectivity index (χ0) is 15.5. The molecule has 6 heteroatoms. The van der Waals surface area contributed by atoms with E-state index in [0.29, 0.717) is 13.1 Å². The lowest BCUT2D eigenvalue weighted by Crippen LogP contribution is -2.53. The summed E-state index contributed by atoms with van der Waals surface area (Å²) in [5.74, 6) is -1.58. The van der Waals surface area contributed by atoms with Gasteiger partial charge in [0.05, 0.1) is 12.3 Å². The van der Waals surface area contributed by atoms with E-state index >= 15 is 0 Å². The Morgan fingerprint density at radius 3 is 2.50 bits per heavy atom. The van der Waals surface area contributed by atoms with Gasteiger partial charge in [-0.05, 0) is 19.8 Å². The van der Waals surface area contributed by atoms with Crippen molar-refractivity contribution in [3.63, 3.8) is 0 Å². The van der Waals surface area contributed by atoms with Crippen LogP contribution in [0.4, 0.5) is 0 Å². The molecule has 20 heavy (non-hydrogen) atoms. The number of aliphatic carboxylic acids is 1. The zero-order valence-corrected chi connectivity index (χ0v) is 12.6. The highest BCUT2D eigenvalue weighted by molar-refractivity contribution is 5.89. The van der Waals surface area contributed by atoms with E-state index in [1.165, 1.54) is 0 Å². The van der Waals surface area contributed by atoms with E-state index in [9.17, 15) is 14.4 Å². The molecule has 2 unspecified atom stereocenters. The van der Waals surface area contributed by atoms with Crippen molar-refractivity contribution in [2.24, 2.45) is 11.8 Å². The van der Waals surface area contributed by atoms with Crippen LogP contribution in [-0.4, -0.2) is 46.4 Å². The number of carboxylic acids is 1. The fraction of sp³-hybridized carbons (Fsp3) is 0.786. The average molecular weight is 284 g/mol. The molecule has 1 saturated heterocycles. The Labute approximate surface area is 119 Å². The maximum absolute atomic E-state index is 12.3.